The van der Waals surface area contributed by atoms with Gasteiger partial charge in [-0.2, -0.15) is 0 Å². The van der Waals surface area contributed by atoms with Crippen LogP contribution in [-0.2, 0) is 16.0 Å². The second-order valence-electron chi connectivity index (χ2n) is 5.69. The summed E-state index contributed by atoms with van der Waals surface area (Å²) in [4.78, 5) is 15.3. The van der Waals surface area contributed by atoms with Crippen LogP contribution in [0.25, 0.3) is 0 Å². The van der Waals surface area contributed by atoms with Crippen molar-refractivity contribution >= 4 is 52.0 Å². The van der Waals surface area contributed by atoms with E-state index in [1.54, 1.807) is 4.90 Å². The second-order valence-corrected chi connectivity index (χ2v) is 8.31. The first-order valence-corrected chi connectivity index (χ1v) is 9.67. The van der Waals surface area contributed by atoms with Crippen LogP contribution in [0.15, 0.2) is 24.3 Å². The smallest absolute Gasteiger partial charge is 0.223 e. The molecule has 0 bridgehead atoms. The van der Waals surface area contributed by atoms with Crippen molar-refractivity contribution in [2.75, 3.05) is 19.7 Å². The number of hydrogen-bond acceptors (Lipinski definition) is 3. The van der Waals surface area contributed by atoms with E-state index >= 15 is 0 Å². The number of nitrogens with zero attached hydrogens (tertiary/aromatic N) is 1. The molecule has 0 saturated carbocycles. The Balaban J connectivity index is 1.64. The van der Waals surface area contributed by atoms with Crippen LogP contribution in [0.4, 0.5) is 4.39 Å². The average Bonchev–Trinajstić information content (AvgIpc) is 3.01. The van der Waals surface area contributed by atoms with Crippen LogP contribution in [0, 0.1) is 5.82 Å². The minimum atomic E-state index is -0.553. The predicted molar refractivity (Wildman–Crippen MR) is 99.3 cm³/mol. The van der Waals surface area contributed by atoms with Gasteiger partial charge in [-0.1, -0.05) is 34.8 Å². The fourth-order valence-electron chi connectivity index (χ4n) is 2.72. The normalized spacial score (nSPS) is 17.8. The molecule has 1 atom stereocenters. The molecule has 1 aliphatic rings. The van der Waals surface area contributed by atoms with Gasteiger partial charge in [0.05, 0.1) is 22.5 Å². The molecule has 0 aliphatic carbocycles. The van der Waals surface area contributed by atoms with E-state index < -0.39 is 11.9 Å². The first kappa shape index (κ1) is 18.9. The van der Waals surface area contributed by atoms with E-state index in [1.165, 1.54) is 23.5 Å². The first-order valence-electron chi connectivity index (χ1n) is 7.72. The van der Waals surface area contributed by atoms with Crippen molar-refractivity contribution in [2.45, 2.75) is 18.9 Å². The van der Waals surface area contributed by atoms with Crippen LogP contribution >= 0.6 is 46.1 Å². The lowest BCUT2D eigenvalue weighted by molar-refractivity contribution is -0.139. The predicted octanol–water partition coefficient (Wildman–Crippen LogP) is 5.38. The third-order valence-electron chi connectivity index (χ3n) is 4.02. The number of amides is 1. The number of benzene rings is 1. The molecular weight excluding hydrogens is 408 g/mol. The highest BCUT2D eigenvalue weighted by molar-refractivity contribution is 7.16. The lowest BCUT2D eigenvalue weighted by Gasteiger charge is -2.33. The molecule has 3 rings (SSSR count). The standard InChI is InChI=1S/C17H15Cl3FNO2S/c18-12-8-13(19)14(21)7-11(12)15-9-22(5-6-24-15)17(23)4-2-10-1-3-16(20)25-10/h1,3,7-8,15H,2,4-6,9H2. The molecule has 1 aromatic carbocycles. The minimum Gasteiger partial charge on any atom is -0.370 e. The van der Waals surface area contributed by atoms with E-state index in [0.717, 1.165) is 4.88 Å². The Morgan fingerprint density at radius 3 is 2.80 bits per heavy atom. The van der Waals surface area contributed by atoms with Crippen molar-refractivity contribution in [3.8, 4) is 0 Å². The van der Waals surface area contributed by atoms with E-state index in [-0.39, 0.29) is 10.9 Å². The molecule has 8 heteroatoms. The quantitative estimate of drug-likeness (QED) is 0.619. The molecule has 1 fully saturated rings. The maximum absolute atomic E-state index is 13.7. The Bertz CT molecular complexity index is 783. The third-order valence-corrected chi connectivity index (χ3v) is 5.93. The highest BCUT2D eigenvalue weighted by Gasteiger charge is 2.27. The molecule has 25 heavy (non-hydrogen) atoms. The van der Waals surface area contributed by atoms with Crippen molar-refractivity contribution in [1.29, 1.82) is 0 Å². The monoisotopic (exact) mass is 421 g/mol. The van der Waals surface area contributed by atoms with E-state index in [9.17, 15) is 9.18 Å². The number of ether oxygens (including phenoxy) is 1. The molecule has 2 aromatic rings. The van der Waals surface area contributed by atoms with Gasteiger partial charge < -0.3 is 9.64 Å². The Morgan fingerprint density at radius 2 is 2.08 bits per heavy atom. The molecule has 0 radical (unpaired) electrons. The molecule has 0 N–H and O–H groups in total. The van der Waals surface area contributed by atoms with Crippen molar-refractivity contribution in [3.63, 3.8) is 0 Å². The molecule has 1 amide bonds. The van der Waals surface area contributed by atoms with Crippen LogP contribution in [0.1, 0.15) is 23.0 Å². The Hall–Kier alpha value is -0.850. The number of aryl methyl sites for hydroxylation is 1. The van der Waals surface area contributed by atoms with Crippen LogP contribution in [-0.4, -0.2) is 30.5 Å². The zero-order chi connectivity index (χ0) is 18.0. The third kappa shape index (κ3) is 4.66. The average molecular weight is 423 g/mol. The van der Waals surface area contributed by atoms with Crippen LogP contribution < -0.4 is 0 Å². The van der Waals surface area contributed by atoms with Gasteiger partial charge >= 0.3 is 0 Å². The highest BCUT2D eigenvalue weighted by Crippen LogP contribution is 2.32. The summed E-state index contributed by atoms with van der Waals surface area (Å²) in [6.45, 7) is 1.22. The summed E-state index contributed by atoms with van der Waals surface area (Å²) >= 11 is 19.3. The van der Waals surface area contributed by atoms with Gasteiger partial charge in [-0.15, -0.1) is 11.3 Å². The lowest BCUT2D eigenvalue weighted by atomic mass is 10.1. The second kappa shape index (κ2) is 8.23. The fraction of sp³-hybridized carbons (Fsp3) is 0.353. The van der Waals surface area contributed by atoms with Gasteiger partial charge in [-0.05, 0) is 30.7 Å². The first-order chi connectivity index (χ1) is 11.9. The van der Waals surface area contributed by atoms with Crippen molar-refractivity contribution in [3.05, 3.63) is 54.9 Å². The minimum absolute atomic E-state index is 0.0309. The van der Waals surface area contributed by atoms with Crippen LogP contribution in [0.5, 0.6) is 0 Å². The molecule has 3 nitrogen and oxygen atoms in total. The number of halogens is 4. The topological polar surface area (TPSA) is 29.5 Å². The van der Waals surface area contributed by atoms with Crippen LogP contribution in [0.3, 0.4) is 0 Å². The summed E-state index contributed by atoms with van der Waals surface area (Å²) in [5, 5.41) is 0.297. The van der Waals surface area contributed by atoms with Gasteiger partial charge in [0, 0.05) is 28.4 Å². The maximum atomic E-state index is 13.7. The van der Waals surface area contributed by atoms with E-state index in [4.69, 9.17) is 39.5 Å². The van der Waals surface area contributed by atoms with Gasteiger partial charge in [0.15, 0.2) is 0 Å². The van der Waals surface area contributed by atoms with E-state index in [0.29, 0.717) is 47.5 Å². The summed E-state index contributed by atoms with van der Waals surface area (Å²) in [5.74, 6) is -0.522. The zero-order valence-electron chi connectivity index (χ0n) is 13.1. The van der Waals surface area contributed by atoms with Gasteiger partial charge in [0.1, 0.15) is 11.9 Å². The molecule has 1 saturated heterocycles. The lowest BCUT2D eigenvalue weighted by Crippen LogP contribution is -2.42. The Kier molecular flexibility index (Phi) is 6.23. The number of morpholine rings is 1. The number of thiophene rings is 1. The van der Waals surface area contributed by atoms with Gasteiger partial charge in [-0.3, -0.25) is 4.79 Å². The number of carbonyl (C=O) groups excluding carboxylic acids is 1. The van der Waals surface area contributed by atoms with Gasteiger partial charge in [0.2, 0.25) is 5.91 Å². The summed E-state index contributed by atoms with van der Waals surface area (Å²) in [5.41, 5.74) is 0.506. The highest BCUT2D eigenvalue weighted by atomic mass is 35.5. The van der Waals surface area contributed by atoms with E-state index in [2.05, 4.69) is 0 Å². The number of carbonyl (C=O) groups is 1. The molecule has 1 aromatic heterocycles. The summed E-state index contributed by atoms with van der Waals surface area (Å²) < 4.78 is 20.1. The molecule has 2 heterocycles. The number of hydrogen-bond donors (Lipinski definition) is 0. The largest absolute Gasteiger partial charge is 0.370 e. The van der Waals surface area contributed by atoms with E-state index in [1.807, 2.05) is 12.1 Å². The molecule has 1 aliphatic heterocycles. The summed E-state index contributed by atoms with van der Waals surface area (Å²) in [7, 11) is 0. The number of rotatable bonds is 4. The van der Waals surface area contributed by atoms with Crippen molar-refractivity contribution in [2.24, 2.45) is 0 Å². The van der Waals surface area contributed by atoms with Gasteiger partial charge in [0.25, 0.3) is 0 Å². The Labute approximate surface area is 164 Å². The van der Waals surface area contributed by atoms with Crippen LogP contribution in [0.2, 0.25) is 14.4 Å². The summed E-state index contributed by atoms with van der Waals surface area (Å²) in [6, 6.07) is 6.39. The zero-order valence-corrected chi connectivity index (χ0v) is 16.2. The molecular formula is C17H15Cl3FNO2S. The maximum Gasteiger partial charge on any atom is 0.223 e. The SMILES string of the molecule is O=C(CCc1ccc(Cl)s1)N1CCOC(c2cc(F)c(Cl)cc2Cl)C1. The molecule has 1 unspecified atom stereocenters. The Morgan fingerprint density at radius 1 is 1.28 bits per heavy atom. The van der Waals surface area contributed by atoms with Crippen molar-refractivity contribution < 1.29 is 13.9 Å². The molecule has 134 valence electrons. The molecule has 0 spiro atoms. The van der Waals surface area contributed by atoms with Crippen molar-refractivity contribution in [1.82, 2.24) is 4.90 Å². The van der Waals surface area contributed by atoms with Gasteiger partial charge in [-0.25, -0.2) is 4.39 Å². The fourth-order valence-corrected chi connectivity index (χ4v) is 4.31. The summed E-state index contributed by atoms with van der Waals surface area (Å²) in [6.07, 6.45) is 0.578.